The number of aromatic nitrogens is 2. The highest BCUT2D eigenvalue weighted by Crippen LogP contribution is 2.30. The molecule has 126 valence electrons. The second kappa shape index (κ2) is 6.86. The van der Waals surface area contributed by atoms with Crippen molar-refractivity contribution in [2.75, 3.05) is 19.7 Å². The van der Waals surface area contributed by atoms with Crippen molar-refractivity contribution in [3.63, 3.8) is 0 Å². The van der Waals surface area contributed by atoms with Gasteiger partial charge in [0.2, 0.25) is 5.91 Å². The maximum atomic E-state index is 12.1. The number of fused-ring (bicyclic) bond motifs is 1. The first-order valence-corrected chi connectivity index (χ1v) is 8.13. The maximum absolute atomic E-state index is 12.1. The van der Waals surface area contributed by atoms with Gasteiger partial charge in [-0.05, 0) is 19.1 Å². The summed E-state index contributed by atoms with van der Waals surface area (Å²) in [4.78, 5) is 30.6. The Balaban J connectivity index is 1.96. The van der Waals surface area contributed by atoms with Crippen molar-refractivity contribution in [3.8, 4) is 0 Å². The summed E-state index contributed by atoms with van der Waals surface area (Å²) in [5, 5.41) is 0. The number of hydrogen-bond acceptors (Lipinski definition) is 4. The van der Waals surface area contributed by atoms with Gasteiger partial charge in [-0.25, -0.2) is 4.98 Å². The first-order valence-electron chi connectivity index (χ1n) is 8.13. The first kappa shape index (κ1) is 16.2. The van der Waals surface area contributed by atoms with Crippen molar-refractivity contribution in [1.29, 1.82) is 0 Å². The number of rotatable bonds is 6. The minimum Gasteiger partial charge on any atom is -0.465 e. The van der Waals surface area contributed by atoms with Gasteiger partial charge >= 0.3 is 5.97 Å². The van der Waals surface area contributed by atoms with Crippen LogP contribution in [0.2, 0.25) is 0 Å². The monoisotopic (exact) mass is 327 g/mol. The molecule has 24 heavy (non-hydrogen) atoms. The lowest BCUT2D eigenvalue weighted by atomic mass is 10.1. The lowest BCUT2D eigenvalue weighted by Crippen LogP contribution is -2.25. The number of para-hydroxylation sites is 2. The Kier molecular flexibility index (Phi) is 4.64. The van der Waals surface area contributed by atoms with E-state index in [-0.39, 0.29) is 24.3 Å². The smallest absolute Gasteiger partial charge is 0.326 e. The summed E-state index contributed by atoms with van der Waals surface area (Å²) < 4.78 is 6.96. The zero-order chi connectivity index (χ0) is 17.1. The summed E-state index contributed by atoms with van der Waals surface area (Å²) in [7, 11) is 0. The molecule has 6 heteroatoms. The fourth-order valence-corrected chi connectivity index (χ4v) is 3.19. The average Bonchev–Trinajstić information content (AvgIpc) is 3.10. The van der Waals surface area contributed by atoms with E-state index in [9.17, 15) is 9.59 Å². The highest BCUT2D eigenvalue weighted by atomic mass is 16.5. The minimum absolute atomic E-state index is 0.0284. The second-order valence-corrected chi connectivity index (χ2v) is 5.84. The van der Waals surface area contributed by atoms with E-state index in [1.807, 2.05) is 28.8 Å². The molecule has 1 atom stereocenters. The van der Waals surface area contributed by atoms with E-state index in [1.54, 1.807) is 17.9 Å². The van der Waals surface area contributed by atoms with Gasteiger partial charge in [0.1, 0.15) is 12.4 Å². The van der Waals surface area contributed by atoms with E-state index < -0.39 is 0 Å². The van der Waals surface area contributed by atoms with Gasteiger partial charge in [-0.2, -0.15) is 0 Å². The molecule has 0 N–H and O–H groups in total. The molecule has 1 aromatic heterocycles. The number of ether oxygens (including phenoxy) is 1. The Labute approximate surface area is 140 Å². The largest absolute Gasteiger partial charge is 0.465 e. The number of nitrogens with zero attached hydrogens (tertiary/aromatic N) is 3. The molecule has 1 aromatic carbocycles. The molecule has 0 radical (unpaired) electrons. The summed E-state index contributed by atoms with van der Waals surface area (Å²) in [5.41, 5.74) is 1.71. The highest BCUT2D eigenvalue weighted by molar-refractivity contribution is 5.82. The van der Waals surface area contributed by atoms with Crippen molar-refractivity contribution in [3.05, 3.63) is 42.7 Å². The predicted molar refractivity (Wildman–Crippen MR) is 90.5 cm³/mol. The molecule has 0 spiro atoms. The molecule has 1 aliphatic heterocycles. The third-order valence-corrected chi connectivity index (χ3v) is 4.21. The number of likely N-dealkylation sites (tertiary alicyclic amines) is 1. The van der Waals surface area contributed by atoms with E-state index in [2.05, 4.69) is 11.6 Å². The van der Waals surface area contributed by atoms with E-state index in [0.717, 1.165) is 16.9 Å². The summed E-state index contributed by atoms with van der Waals surface area (Å²) in [6.07, 6.45) is 2.13. The Morgan fingerprint density at radius 3 is 3.00 bits per heavy atom. The fourth-order valence-electron chi connectivity index (χ4n) is 3.19. The Bertz CT molecular complexity index is 781. The summed E-state index contributed by atoms with van der Waals surface area (Å²) in [6.45, 7) is 7.06. The van der Waals surface area contributed by atoms with Crippen molar-refractivity contribution < 1.29 is 14.3 Å². The van der Waals surface area contributed by atoms with Crippen LogP contribution in [0.15, 0.2) is 36.9 Å². The van der Waals surface area contributed by atoms with Crippen LogP contribution < -0.4 is 0 Å². The number of hydrogen-bond donors (Lipinski definition) is 0. The normalized spacial score (nSPS) is 17.5. The van der Waals surface area contributed by atoms with Gasteiger partial charge in [0.25, 0.3) is 0 Å². The summed E-state index contributed by atoms with van der Waals surface area (Å²) in [5.74, 6) is 0.534. The van der Waals surface area contributed by atoms with Gasteiger partial charge in [0.05, 0.1) is 17.6 Å². The zero-order valence-electron chi connectivity index (χ0n) is 13.8. The number of carbonyl (C=O) groups excluding carboxylic acids is 2. The first-order chi connectivity index (χ1) is 11.6. The summed E-state index contributed by atoms with van der Waals surface area (Å²) in [6, 6.07) is 7.68. The molecular weight excluding hydrogens is 306 g/mol. The molecule has 1 fully saturated rings. The Morgan fingerprint density at radius 2 is 2.25 bits per heavy atom. The zero-order valence-corrected chi connectivity index (χ0v) is 13.8. The molecule has 0 aliphatic carbocycles. The Morgan fingerprint density at radius 1 is 1.46 bits per heavy atom. The number of carbonyl (C=O) groups is 2. The van der Waals surface area contributed by atoms with Crippen molar-refractivity contribution >= 4 is 22.9 Å². The van der Waals surface area contributed by atoms with Crippen LogP contribution in [0.1, 0.15) is 25.1 Å². The minimum atomic E-state index is -0.297. The van der Waals surface area contributed by atoms with Gasteiger partial charge in [-0.1, -0.05) is 18.2 Å². The van der Waals surface area contributed by atoms with Gasteiger partial charge in [0, 0.05) is 25.4 Å². The molecule has 2 heterocycles. The van der Waals surface area contributed by atoms with Crippen molar-refractivity contribution in [2.24, 2.45) is 0 Å². The van der Waals surface area contributed by atoms with Crippen LogP contribution in [-0.2, 0) is 20.9 Å². The number of amides is 1. The van der Waals surface area contributed by atoms with Crippen molar-refractivity contribution in [2.45, 2.75) is 25.8 Å². The molecule has 2 aromatic rings. The van der Waals surface area contributed by atoms with Crippen LogP contribution in [0.25, 0.3) is 11.0 Å². The number of benzene rings is 1. The van der Waals surface area contributed by atoms with Gasteiger partial charge in [0.15, 0.2) is 0 Å². The standard InChI is InChI=1S/C18H21N3O3/c1-3-9-20-11-13(10-16(20)22)18-19-14-7-5-6-8-15(14)21(18)12-17(23)24-4-2/h3,5-8,13H,1,4,9-12H2,2H3/t13-/m1/s1. The molecule has 0 bridgehead atoms. The molecule has 1 aliphatic rings. The lowest BCUT2D eigenvalue weighted by Gasteiger charge is -2.15. The van der Waals surface area contributed by atoms with Crippen LogP contribution in [0.3, 0.4) is 0 Å². The molecule has 0 saturated carbocycles. The predicted octanol–water partition coefficient (Wildman–Crippen LogP) is 2.10. The van der Waals surface area contributed by atoms with Crippen LogP contribution in [0.4, 0.5) is 0 Å². The van der Waals surface area contributed by atoms with Crippen molar-refractivity contribution in [1.82, 2.24) is 14.5 Å². The molecule has 3 rings (SSSR count). The van der Waals surface area contributed by atoms with E-state index in [4.69, 9.17) is 4.74 Å². The van der Waals surface area contributed by atoms with E-state index in [1.165, 1.54) is 0 Å². The van der Waals surface area contributed by atoms with Gasteiger partial charge in [-0.15, -0.1) is 6.58 Å². The van der Waals surface area contributed by atoms with E-state index >= 15 is 0 Å². The summed E-state index contributed by atoms with van der Waals surface area (Å²) >= 11 is 0. The Hall–Kier alpha value is -2.63. The van der Waals surface area contributed by atoms with Crippen LogP contribution in [0, 0.1) is 0 Å². The number of esters is 1. The fraction of sp³-hybridized carbons (Fsp3) is 0.389. The third kappa shape index (κ3) is 3.04. The van der Waals surface area contributed by atoms with E-state index in [0.29, 0.717) is 26.1 Å². The molecule has 6 nitrogen and oxygen atoms in total. The van der Waals surface area contributed by atoms with Crippen LogP contribution in [-0.4, -0.2) is 46.0 Å². The molecular formula is C18H21N3O3. The average molecular weight is 327 g/mol. The van der Waals surface area contributed by atoms with Gasteiger partial charge < -0.3 is 14.2 Å². The maximum Gasteiger partial charge on any atom is 0.326 e. The SMILES string of the molecule is C=CCN1C[C@H](c2nc3ccccc3n2CC(=O)OCC)CC1=O. The third-order valence-electron chi connectivity index (χ3n) is 4.21. The molecule has 0 unspecified atom stereocenters. The topological polar surface area (TPSA) is 64.4 Å². The second-order valence-electron chi connectivity index (χ2n) is 5.84. The van der Waals surface area contributed by atoms with Gasteiger partial charge in [-0.3, -0.25) is 9.59 Å². The molecule has 1 amide bonds. The lowest BCUT2D eigenvalue weighted by molar-refractivity contribution is -0.143. The molecule has 1 saturated heterocycles. The van der Waals surface area contributed by atoms with Crippen LogP contribution in [0.5, 0.6) is 0 Å². The highest BCUT2D eigenvalue weighted by Gasteiger charge is 2.33. The van der Waals surface area contributed by atoms with Crippen LogP contribution >= 0.6 is 0 Å². The quantitative estimate of drug-likeness (QED) is 0.602. The number of imidazole rings is 1.